The Hall–Kier alpha value is -3.86. The first-order valence-corrected chi connectivity index (χ1v) is 10.2. The molecule has 0 radical (unpaired) electrons. The molecule has 0 N–H and O–H groups in total. The number of fused-ring (bicyclic) bond motifs is 1. The third-order valence-corrected chi connectivity index (χ3v) is 5.89. The maximum Gasteiger partial charge on any atom is 0.180 e. The first-order valence-electron chi connectivity index (χ1n) is 10.2. The Morgan fingerprint density at radius 3 is 2.10 bits per heavy atom. The number of nitrogens with zero attached hydrogens (tertiary/aromatic N) is 2. The van der Waals surface area contributed by atoms with E-state index in [1.165, 1.54) is 0 Å². The van der Waals surface area contributed by atoms with Gasteiger partial charge in [0.1, 0.15) is 17.7 Å². The molecular formula is C26H20N2O3. The normalized spacial score (nSPS) is 20.5. The monoisotopic (exact) mass is 408 g/mol. The van der Waals surface area contributed by atoms with Crippen molar-refractivity contribution in [1.82, 2.24) is 0 Å². The number of ketones is 2. The molecule has 0 bridgehead atoms. The molecule has 0 saturated heterocycles. The van der Waals surface area contributed by atoms with Crippen LogP contribution in [0, 0.1) is 5.92 Å². The van der Waals surface area contributed by atoms with Crippen molar-refractivity contribution in [3.05, 3.63) is 113 Å². The van der Waals surface area contributed by atoms with Crippen molar-refractivity contribution in [2.45, 2.75) is 12.0 Å². The van der Waals surface area contributed by atoms with Gasteiger partial charge < -0.3 is 4.74 Å². The highest BCUT2D eigenvalue weighted by atomic mass is 16.5. The van der Waals surface area contributed by atoms with Gasteiger partial charge in [-0.05, 0) is 29.3 Å². The van der Waals surface area contributed by atoms with Gasteiger partial charge in [0.15, 0.2) is 11.6 Å². The predicted octanol–water partition coefficient (Wildman–Crippen LogP) is 5.57. The third kappa shape index (κ3) is 3.28. The van der Waals surface area contributed by atoms with Crippen LogP contribution >= 0.6 is 0 Å². The van der Waals surface area contributed by atoms with Crippen molar-refractivity contribution in [2.24, 2.45) is 16.1 Å². The molecule has 5 nitrogen and oxygen atoms in total. The van der Waals surface area contributed by atoms with Crippen LogP contribution in [0.2, 0.25) is 0 Å². The van der Waals surface area contributed by atoms with Gasteiger partial charge in [-0.1, -0.05) is 66.7 Å². The maximum atomic E-state index is 13.0. The summed E-state index contributed by atoms with van der Waals surface area (Å²) < 4.78 is 5.38. The fourth-order valence-corrected chi connectivity index (χ4v) is 4.33. The topological polar surface area (TPSA) is 68.1 Å². The zero-order valence-electron chi connectivity index (χ0n) is 16.9. The number of methoxy groups -OCH3 is 1. The Morgan fingerprint density at radius 2 is 1.42 bits per heavy atom. The Balaban J connectivity index is 1.57. The first kappa shape index (κ1) is 19.1. The summed E-state index contributed by atoms with van der Waals surface area (Å²) in [6.07, 6.45) is 1.93. The molecule has 5 rings (SSSR count). The van der Waals surface area contributed by atoms with E-state index in [0.717, 1.165) is 16.9 Å². The maximum absolute atomic E-state index is 13.0. The van der Waals surface area contributed by atoms with Crippen molar-refractivity contribution in [3.63, 3.8) is 0 Å². The van der Waals surface area contributed by atoms with Crippen LogP contribution in [0.4, 0.5) is 0 Å². The van der Waals surface area contributed by atoms with Crippen LogP contribution in [0.1, 0.15) is 43.8 Å². The van der Waals surface area contributed by atoms with E-state index >= 15 is 0 Å². The summed E-state index contributed by atoms with van der Waals surface area (Å²) in [5.74, 6) is -0.774. The first-order chi connectivity index (χ1) is 15.2. The molecule has 5 heteroatoms. The van der Waals surface area contributed by atoms with Crippen LogP contribution < -0.4 is 4.74 Å². The quantitative estimate of drug-likeness (QED) is 0.530. The minimum absolute atomic E-state index is 0.162. The lowest BCUT2D eigenvalue weighted by Gasteiger charge is -2.26. The molecule has 0 fully saturated rings. The molecule has 1 aliphatic heterocycles. The van der Waals surface area contributed by atoms with Crippen LogP contribution in [-0.4, -0.2) is 18.7 Å². The predicted molar refractivity (Wildman–Crippen MR) is 116 cm³/mol. The summed E-state index contributed by atoms with van der Waals surface area (Å²) in [6, 6.07) is 24.4. The summed E-state index contributed by atoms with van der Waals surface area (Å²) in [5.41, 5.74) is 3.33. The van der Waals surface area contributed by atoms with E-state index in [4.69, 9.17) is 4.74 Å². The molecule has 0 amide bonds. The summed E-state index contributed by atoms with van der Waals surface area (Å²) in [7, 11) is 1.63. The van der Waals surface area contributed by atoms with Crippen LogP contribution in [0.3, 0.4) is 0 Å². The van der Waals surface area contributed by atoms with E-state index in [0.29, 0.717) is 16.8 Å². The van der Waals surface area contributed by atoms with E-state index in [9.17, 15) is 9.59 Å². The fraction of sp³-hybridized carbons (Fsp3) is 0.154. The van der Waals surface area contributed by atoms with Crippen molar-refractivity contribution in [2.75, 3.05) is 7.11 Å². The highest BCUT2D eigenvalue weighted by Crippen LogP contribution is 2.43. The second kappa shape index (κ2) is 7.76. The number of Topliss-reactive ketones (excluding diaryl/α,β-unsaturated/α-hetero) is 2. The molecule has 2 aliphatic rings. The van der Waals surface area contributed by atoms with E-state index in [2.05, 4.69) is 10.2 Å². The Morgan fingerprint density at radius 1 is 0.774 bits per heavy atom. The number of ether oxygens (including phenoxy) is 1. The van der Waals surface area contributed by atoms with Gasteiger partial charge in [0, 0.05) is 17.0 Å². The molecular weight excluding hydrogens is 388 g/mol. The Labute approximate surface area is 180 Å². The number of hydrogen-bond donors (Lipinski definition) is 0. The minimum atomic E-state index is -0.932. The van der Waals surface area contributed by atoms with Gasteiger partial charge in [-0.3, -0.25) is 9.59 Å². The largest absolute Gasteiger partial charge is 0.497 e. The Kier molecular flexibility index (Phi) is 4.79. The number of allylic oxidation sites excluding steroid dienone is 1. The van der Waals surface area contributed by atoms with Gasteiger partial charge in [-0.2, -0.15) is 10.2 Å². The van der Waals surface area contributed by atoms with Crippen LogP contribution in [0.15, 0.2) is 101 Å². The zero-order chi connectivity index (χ0) is 21.4. The highest BCUT2D eigenvalue weighted by molar-refractivity contribution is 6.28. The van der Waals surface area contributed by atoms with Gasteiger partial charge >= 0.3 is 0 Å². The summed E-state index contributed by atoms with van der Waals surface area (Å²) in [6.45, 7) is 0. The number of hydrogen-bond acceptors (Lipinski definition) is 5. The van der Waals surface area contributed by atoms with Crippen LogP contribution in [0.25, 0.3) is 0 Å². The molecule has 1 aliphatic carbocycles. The van der Waals surface area contributed by atoms with Gasteiger partial charge in [-0.15, -0.1) is 0 Å². The molecule has 3 aromatic rings. The lowest BCUT2D eigenvalue weighted by Crippen LogP contribution is -2.21. The summed E-state index contributed by atoms with van der Waals surface area (Å²) >= 11 is 0. The smallest absolute Gasteiger partial charge is 0.180 e. The third-order valence-electron chi connectivity index (χ3n) is 5.89. The number of azo groups is 1. The van der Waals surface area contributed by atoms with Gasteiger partial charge in [0.05, 0.1) is 12.8 Å². The second-order valence-electron chi connectivity index (χ2n) is 7.67. The van der Waals surface area contributed by atoms with E-state index in [-0.39, 0.29) is 23.5 Å². The lowest BCUT2D eigenvalue weighted by molar-refractivity contribution is 0.0861. The lowest BCUT2D eigenvalue weighted by atomic mass is 9.84. The summed E-state index contributed by atoms with van der Waals surface area (Å²) in [5, 5.41) is 8.98. The van der Waals surface area contributed by atoms with E-state index in [1.807, 2.05) is 60.7 Å². The average molecular weight is 408 g/mol. The minimum Gasteiger partial charge on any atom is -0.497 e. The average Bonchev–Trinajstić information content (AvgIpc) is 3.09. The number of carbonyl (C=O) groups is 2. The van der Waals surface area contributed by atoms with E-state index in [1.54, 1.807) is 31.4 Å². The molecule has 1 heterocycles. The number of carbonyl (C=O) groups excluding carboxylic acids is 2. The Bertz CT molecular complexity index is 1200. The standard InChI is InChI=1S/C26H20N2O3/c1-31-18-11-7-10-17(14-18)24-21(16-8-3-2-4-9-16)15-22(27-28-24)23-25(29)19-12-5-6-13-20(19)26(23)30/h2-15,21,23-24H,1H3. The number of rotatable bonds is 4. The van der Waals surface area contributed by atoms with Gasteiger partial charge in [0.25, 0.3) is 0 Å². The molecule has 0 aromatic heterocycles. The van der Waals surface area contributed by atoms with Crippen molar-refractivity contribution < 1.29 is 14.3 Å². The molecule has 2 unspecified atom stereocenters. The molecule has 3 aromatic carbocycles. The van der Waals surface area contributed by atoms with Crippen molar-refractivity contribution >= 4 is 11.6 Å². The fourth-order valence-electron chi connectivity index (χ4n) is 4.33. The van der Waals surface area contributed by atoms with Gasteiger partial charge in [-0.25, -0.2) is 0 Å². The number of benzene rings is 3. The highest BCUT2D eigenvalue weighted by Gasteiger charge is 2.42. The molecule has 0 saturated carbocycles. The summed E-state index contributed by atoms with van der Waals surface area (Å²) in [4.78, 5) is 26.0. The van der Waals surface area contributed by atoms with Crippen molar-refractivity contribution in [1.29, 1.82) is 0 Å². The zero-order valence-corrected chi connectivity index (χ0v) is 16.9. The second-order valence-corrected chi connectivity index (χ2v) is 7.67. The SMILES string of the molecule is COc1cccc(C2N=NC(C3C(=O)c4ccccc4C3=O)=CC2c2ccccc2)c1. The molecule has 0 spiro atoms. The van der Waals surface area contributed by atoms with Crippen LogP contribution in [0.5, 0.6) is 5.75 Å². The molecule has 152 valence electrons. The van der Waals surface area contributed by atoms with Gasteiger partial charge in [0.2, 0.25) is 0 Å². The van der Waals surface area contributed by atoms with Crippen molar-refractivity contribution in [3.8, 4) is 5.75 Å². The van der Waals surface area contributed by atoms with Crippen LogP contribution in [-0.2, 0) is 0 Å². The molecule has 2 atom stereocenters. The van der Waals surface area contributed by atoms with E-state index < -0.39 is 5.92 Å². The molecule has 31 heavy (non-hydrogen) atoms.